The highest BCUT2D eigenvalue weighted by Gasteiger charge is 1.92. The van der Waals surface area contributed by atoms with Crippen molar-refractivity contribution in [1.82, 2.24) is 5.32 Å². The third-order valence-corrected chi connectivity index (χ3v) is 1.72. The molecule has 0 bridgehead atoms. The highest BCUT2D eigenvalue weighted by atomic mass is 127. The van der Waals surface area contributed by atoms with Crippen LogP contribution < -0.4 is 5.32 Å². The summed E-state index contributed by atoms with van der Waals surface area (Å²) in [6, 6.07) is 0. The van der Waals surface area contributed by atoms with E-state index < -0.39 is 0 Å². The first-order valence-corrected chi connectivity index (χ1v) is 4.66. The van der Waals surface area contributed by atoms with Gasteiger partial charge in [0.05, 0.1) is 0 Å². The fourth-order valence-corrected chi connectivity index (χ4v) is 0.801. The van der Waals surface area contributed by atoms with Crippen LogP contribution >= 0.6 is 22.6 Å². The summed E-state index contributed by atoms with van der Waals surface area (Å²) in [6.45, 7) is 2.69. The number of rotatable bonds is 4. The minimum atomic E-state index is 0.153. The van der Waals surface area contributed by atoms with E-state index in [0.717, 1.165) is 17.4 Å². The molecule has 1 amide bonds. The van der Waals surface area contributed by atoms with E-state index in [1.54, 1.807) is 0 Å². The van der Waals surface area contributed by atoms with Crippen molar-refractivity contribution in [2.45, 2.75) is 19.8 Å². The fourth-order valence-electron chi connectivity index (χ4n) is 0.420. The van der Waals surface area contributed by atoms with E-state index in [1.165, 1.54) is 0 Å². The summed E-state index contributed by atoms with van der Waals surface area (Å²) in [5, 5.41) is 2.79. The standard InChI is InChI=1S/C6H12INO/c1-2-6(9)8-5-3-4-7/h2-5H2,1H3,(H,8,9). The zero-order valence-electron chi connectivity index (χ0n) is 5.61. The van der Waals surface area contributed by atoms with E-state index >= 15 is 0 Å². The summed E-state index contributed by atoms with van der Waals surface area (Å²) in [5.74, 6) is 0.153. The summed E-state index contributed by atoms with van der Waals surface area (Å²) < 4.78 is 1.11. The molecule has 0 unspecified atom stereocenters. The molecule has 0 spiro atoms. The van der Waals surface area contributed by atoms with Crippen molar-refractivity contribution in [2.75, 3.05) is 11.0 Å². The molecular weight excluding hydrogens is 229 g/mol. The van der Waals surface area contributed by atoms with E-state index in [0.29, 0.717) is 6.42 Å². The van der Waals surface area contributed by atoms with Crippen LogP contribution in [0.1, 0.15) is 19.8 Å². The molecule has 0 aliphatic carbocycles. The fraction of sp³-hybridized carbons (Fsp3) is 0.833. The van der Waals surface area contributed by atoms with Crippen LogP contribution in [-0.2, 0) is 4.79 Å². The predicted octanol–water partition coefficient (Wildman–Crippen LogP) is 1.34. The second-order valence-corrected chi connectivity index (χ2v) is 2.82. The molecule has 0 saturated carbocycles. The molecule has 0 atom stereocenters. The van der Waals surface area contributed by atoms with Crippen molar-refractivity contribution < 1.29 is 4.79 Å². The molecule has 2 nitrogen and oxygen atoms in total. The summed E-state index contributed by atoms with van der Waals surface area (Å²) in [6.07, 6.45) is 1.67. The van der Waals surface area contributed by atoms with Crippen molar-refractivity contribution in [3.63, 3.8) is 0 Å². The summed E-state index contributed by atoms with van der Waals surface area (Å²) in [5.41, 5.74) is 0. The lowest BCUT2D eigenvalue weighted by atomic mass is 10.4. The van der Waals surface area contributed by atoms with E-state index in [9.17, 15) is 4.79 Å². The van der Waals surface area contributed by atoms with Crippen molar-refractivity contribution in [2.24, 2.45) is 0 Å². The Kier molecular flexibility index (Phi) is 6.46. The van der Waals surface area contributed by atoms with Gasteiger partial charge in [-0.25, -0.2) is 0 Å². The first-order valence-electron chi connectivity index (χ1n) is 3.14. The van der Waals surface area contributed by atoms with Gasteiger partial charge in [0, 0.05) is 17.4 Å². The lowest BCUT2D eigenvalue weighted by Crippen LogP contribution is -2.23. The normalized spacial score (nSPS) is 9.11. The number of halogens is 1. The maximum Gasteiger partial charge on any atom is 0.219 e. The van der Waals surface area contributed by atoms with Crippen molar-refractivity contribution in [3.8, 4) is 0 Å². The van der Waals surface area contributed by atoms with Crippen LogP contribution in [0.5, 0.6) is 0 Å². The first-order chi connectivity index (χ1) is 4.31. The number of carbonyl (C=O) groups excluding carboxylic acids is 1. The van der Waals surface area contributed by atoms with E-state index in [-0.39, 0.29) is 5.91 Å². The molecule has 9 heavy (non-hydrogen) atoms. The molecule has 0 fully saturated rings. The van der Waals surface area contributed by atoms with E-state index in [4.69, 9.17) is 0 Å². The maximum absolute atomic E-state index is 10.6. The number of nitrogens with one attached hydrogen (secondary N) is 1. The minimum Gasteiger partial charge on any atom is -0.356 e. The lowest BCUT2D eigenvalue weighted by Gasteiger charge is -1.98. The van der Waals surface area contributed by atoms with Gasteiger partial charge in [0.1, 0.15) is 0 Å². The third kappa shape index (κ3) is 6.08. The molecular formula is C6H12INO. The largest absolute Gasteiger partial charge is 0.356 e. The van der Waals surface area contributed by atoms with Crippen molar-refractivity contribution in [3.05, 3.63) is 0 Å². The number of hydrogen-bond donors (Lipinski definition) is 1. The van der Waals surface area contributed by atoms with Gasteiger partial charge in [-0.2, -0.15) is 0 Å². The molecule has 54 valence electrons. The Balaban J connectivity index is 2.97. The topological polar surface area (TPSA) is 29.1 Å². The predicted molar refractivity (Wildman–Crippen MR) is 46.8 cm³/mol. The number of amides is 1. The summed E-state index contributed by atoms with van der Waals surface area (Å²) in [7, 11) is 0. The smallest absolute Gasteiger partial charge is 0.219 e. The zero-order valence-corrected chi connectivity index (χ0v) is 7.77. The SMILES string of the molecule is CCC(=O)NCCCI. The second kappa shape index (κ2) is 6.32. The van der Waals surface area contributed by atoms with E-state index in [1.807, 2.05) is 6.92 Å². The second-order valence-electron chi connectivity index (χ2n) is 1.75. The van der Waals surface area contributed by atoms with Crippen LogP contribution in [0.25, 0.3) is 0 Å². The summed E-state index contributed by atoms with van der Waals surface area (Å²) >= 11 is 2.29. The van der Waals surface area contributed by atoms with Gasteiger partial charge in [-0.3, -0.25) is 4.79 Å². The molecule has 0 radical (unpaired) electrons. The molecule has 0 saturated heterocycles. The Bertz CT molecular complexity index is 85.1. The average Bonchev–Trinajstić information content (AvgIpc) is 1.89. The van der Waals surface area contributed by atoms with Gasteiger partial charge in [0.25, 0.3) is 0 Å². The number of alkyl halides is 1. The Morgan fingerprint density at radius 2 is 2.33 bits per heavy atom. The van der Waals surface area contributed by atoms with Crippen molar-refractivity contribution >= 4 is 28.5 Å². The highest BCUT2D eigenvalue weighted by Crippen LogP contribution is 1.85. The molecule has 1 N–H and O–H groups in total. The first kappa shape index (κ1) is 9.20. The van der Waals surface area contributed by atoms with Crippen LogP contribution in [0.3, 0.4) is 0 Å². The molecule has 0 aliphatic rings. The molecule has 0 aromatic carbocycles. The average molecular weight is 241 g/mol. The zero-order chi connectivity index (χ0) is 7.11. The Morgan fingerprint density at radius 3 is 2.78 bits per heavy atom. The minimum absolute atomic E-state index is 0.153. The van der Waals surface area contributed by atoms with Crippen LogP contribution in [0.15, 0.2) is 0 Å². The number of carbonyl (C=O) groups is 1. The van der Waals surface area contributed by atoms with Gasteiger partial charge < -0.3 is 5.32 Å². The molecule has 0 rings (SSSR count). The van der Waals surface area contributed by atoms with E-state index in [2.05, 4.69) is 27.9 Å². The summed E-state index contributed by atoms with van der Waals surface area (Å²) in [4.78, 5) is 10.6. The van der Waals surface area contributed by atoms with Gasteiger partial charge in [-0.15, -0.1) is 0 Å². The van der Waals surface area contributed by atoms with Gasteiger partial charge >= 0.3 is 0 Å². The van der Waals surface area contributed by atoms with Gasteiger partial charge in [0.2, 0.25) is 5.91 Å². The Hall–Kier alpha value is 0.200. The maximum atomic E-state index is 10.6. The molecule has 0 aromatic rings. The van der Waals surface area contributed by atoms with Crippen molar-refractivity contribution in [1.29, 1.82) is 0 Å². The lowest BCUT2D eigenvalue weighted by molar-refractivity contribution is -0.120. The monoisotopic (exact) mass is 241 g/mol. The van der Waals surface area contributed by atoms with Crippen LogP contribution in [-0.4, -0.2) is 16.9 Å². The van der Waals surface area contributed by atoms with Gasteiger partial charge in [0.15, 0.2) is 0 Å². The van der Waals surface area contributed by atoms with Gasteiger partial charge in [-0.1, -0.05) is 29.5 Å². The molecule has 3 heteroatoms. The highest BCUT2D eigenvalue weighted by molar-refractivity contribution is 14.1. The quantitative estimate of drug-likeness (QED) is 0.449. The number of hydrogen-bond acceptors (Lipinski definition) is 1. The third-order valence-electron chi connectivity index (χ3n) is 0.954. The molecule has 0 aromatic heterocycles. The molecule has 0 aliphatic heterocycles. The van der Waals surface area contributed by atoms with Crippen LogP contribution in [0, 0.1) is 0 Å². The van der Waals surface area contributed by atoms with Crippen LogP contribution in [0.4, 0.5) is 0 Å². The molecule has 0 heterocycles. The Morgan fingerprint density at radius 1 is 1.67 bits per heavy atom. The van der Waals surface area contributed by atoms with Gasteiger partial charge in [-0.05, 0) is 6.42 Å². The van der Waals surface area contributed by atoms with Crippen LogP contribution in [0.2, 0.25) is 0 Å². The Labute approximate surface area is 69.5 Å².